The molecule has 0 bridgehead atoms. The van der Waals surface area contributed by atoms with Crippen LogP contribution in [0.25, 0.3) is 0 Å². The molecule has 1 saturated carbocycles. The van der Waals surface area contributed by atoms with E-state index in [1.807, 2.05) is 0 Å². The van der Waals surface area contributed by atoms with Crippen molar-refractivity contribution in [2.75, 3.05) is 18.5 Å². The first-order chi connectivity index (χ1) is 7.74. The lowest BCUT2D eigenvalue weighted by molar-refractivity contribution is 0.206. The minimum atomic E-state index is -0.279. The van der Waals surface area contributed by atoms with Crippen LogP contribution >= 0.6 is 0 Å². The maximum absolute atomic E-state index is 11.5. The molecule has 0 saturated heterocycles. The van der Waals surface area contributed by atoms with E-state index in [0.717, 1.165) is 12.8 Å². The van der Waals surface area contributed by atoms with E-state index < -0.39 is 0 Å². The minimum Gasteiger partial charge on any atom is -0.396 e. The topological polar surface area (TPSA) is 74.2 Å². The molecule has 1 aliphatic carbocycles. The molecule has 0 aliphatic heterocycles. The van der Waals surface area contributed by atoms with Gasteiger partial charge in [-0.25, -0.2) is 9.78 Å². The van der Waals surface area contributed by atoms with Crippen LogP contribution in [0.4, 0.5) is 10.6 Å². The molecule has 0 atom stereocenters. The van der Waals surface area contributed by atoms with Gasteiger partial charge < -0.3 is 10.4 Å². The number of hydrogen-bond donors (Lipinski definition) is 3. The lowest BCUT2D eigenvalue weighted by Crippen LogP contribution is -2.35. The molecule has 1 aromatic heterocycles. The van der Waals surface area contributed by atoms with Gasteiger partial charge in [0.15, 0.2) is 0 Å². The standard InChI is InChI=1S/C11H15N3O2/c15-8-11(4-5-11)7-13-10(16)14-9-3-1-2-6-12-9/h1-3,6,15H,4-5,7-8H2,(H2,12,13,14,16). The molecule has 0 spiro atoms. The number of rotatable bonds is 4. The van der Waals surface area contributed by atoms with Crippen molar-refractivity contribution >= 4 is 11.8 Å². The Morgan fingerprint density at radius 2 is 2.31 bits per heavy atom. The zero-order chi connectivity index (χ0) is 11.4. The Hall–Kier alpha value is -1.62. The largest absolute Gasteiger partial charge is 0.396 e. The lowest BCUT2D eigenvalue weighted by Gasteiger charge is -2.12. The summed E-state index contributed by atoms with van der Waals surface area (Å²) in [5, 5.41) is 14.4. The molecule has 86 valence electrons. The van der Waals surface area contributed by atoms with Crippen molar-refractivity contribution in [3.63, 3.8) is 0 Å². The SMILES string of the molecule is O=C(NCC1(CO)CC1)Nc1ccccn1. The second-order valence-electron chi connectivity index (χ2n) is 4.18. The van der Waals surface area contributed by atoms with Crippen molar-refractivity contribution in [3.05, 3.63) is 24.4 Å². The van der Waals surface area contributed by atoms with Gasteiger partial charge in [0.05, 0.1) is 6.61 Å². The number of aromatic nitrogens is 1. The van der Waals surface area contributed by atoms with Crippen LogP contribution in [0.1, 0.15) is 12.8 Å². The summed E-state index contributed by atoms with van der Waals surface area (Å²) in [6.07, 6.45) is 3.58. The summed E-state index contributed by atoms with van der Waals surface area (Å²) in [7, 11) is 0. The third-order valence-electron chi connectivity index (χ3n) is 2.82. The van der Waals surface area contributed by atoms with Crippen molar-refractivity contribution in [2.45, 2.75) is 12.8 Å². The number of nitrogens with zero attached hydrogens (tertiary/aromatic N) is 1. The fourth-order valence-corrected chi connectivity index (χ4v) is 1.43. The van der Waals surface area contributed by atoms with Gasteiger partial charge in [0.25, 0.3) is 0 Å². The highest BCUT2D eigenvalue weighted by Gasteiger charge is 2.42. The first-order valence-corrected chi connectivity index (χ1v) is 5.31. The molecule has 16 heavy (non-hydrogen) atoms. The van der Waals surface area contributed by atoms with Crippen LogP contribution in [0.15, 0.2) is 24.4 Å². The Labute approximate surface area is 93.9 Å². The maximum atomic E-state index is 11.5. The summed E-state index contributed by atoms with van der Waals surface area (Å²) in [6, 6.07) is 5.03. The Balaban J connectivity index is 1.77. The van der Waals surface area contributed by atoms with E-state index >= 15 is 0 Å². The van der Waals surface area contributed by atoms with Crippen LogP contribution in [-0.2, 0) is 0 Å². The van der Waals surface area contributed by atoms with Gasteiger partial charge in [-0.3, -0.25) is 5.32 Å². The molecule has 2 rings (SSSR count). The quantitative estimate of drug-likeness (QED) is 0.709. The summed E-state index contributed by atoms with van der Waals surface area (Å²) in [5.74, 6) is 0.522. The van der Waals surface area contributed by atoms with Gasteiger partial charge in [-0.2, -0.15) is 0 Å². The van der Waals surface area contributed by atoms with E-state index in [1.165, 1.54) is 0 Å². The number of anilines is 1. The predicted molar refractivity (Wildman–Crippen MR) is 60.0 cm³/mol. The van der Waals surface area contributed by atoms with Crippen molar-refractivity contribution in [2.24, 2.45) is 5.41 Å². The maximum Gasteiger partial charge on any atom is 0.320 e. The highest BCUT2D eigenvalue weighted by atomic mass is 16.3. The fourth-order valence-electron chi connectivity index (χ4n) is 1.43. The van der Waals surface area contributed by atoms with E-state index in [2.05, 4.69) is 15.6 Å². The van der Waals surface area contributed by atoms with Gasteiger partial charge in [-0.1, -0.05) is 6.07 Å². The summed E-state index contributed by atoms with van der Waals surface area (Å²) < 4.78 is 0. The summed E-state index contributed by atoms with van der Waals surface area (Å²) in [5.41, 5.74) is -0.0680. The number of carbonyl (C=O) groups excluding carboxylic acids is 1. The molecule has 3 N–H and O–H groups in total. The van der Waals surface area contributed by atoms with E-state index in [1.54, 1.807) is 24.4 Å². The molecule has 5 heteroatoms. The summed E-state index contributed by atoms with van der Waals surface area (Å²) in [4.78, 5) is 15.4. The molecule has 0 unspecified atom stereocenters. The minimum absolute atomic E-state index is 0.0680. The van der Waals surface area contributed by atoms with E-state index in [9.17, 15) is 4.79 Å². The number of carbonyl (C=O) groups is 1. The smallest absolute Gasteiger partial charge is 0.320 e. The number of pyridine rings is 1. The van der Waals surface area contributed by atoms with E-state index in [-0.39, 0.29) is 18.1 Å². The zero-order valence-electron chi connectivity index (χ0n) is 8.94. The molecule has 1 heterocycles. The first kappa shape index (κ1) is 10.9. The number of urea groups is 1. The van der Waals surface area contributed by atoms with Crippen molar-refractivity contribution < 1.29 is 9.90 Å². The molecule has 1 aliphatic rings. The van der Waals surface area contributed by atoms with Crippen molar-refractivity contribution in [1.29, 1.82) is 0 Å². The monoisotopic (exact) mass is 221 g/mol. The highest BCUT2D eigenvalue weighted by molar-refractivity contribution is 5.88. The number of hydrogen-bond acceptors (Lipinski definition) is 3. The summed E-state index contributed by atoms with van der Waals surface area (Å²) >= 11 is 0. The number of nitrogens with one attached hydrogen (secondary N) is 2. The van der Waals surface area contributed by atoms with Crippen LogP contribution in [0, 0.1) is 5.41 Å². The third-order valence-corrected chi connectivity index (χ3v) is 2.82. The van der Waals surface area contributed by atoms with Crippen LogP contribution in [0.2, 0.25) is 0 Å². The molecule has 5 nitrogen and oxygen atoms in total. The summed E-state index contributed by atoms with van der Waals surface area (Å²) in [6.45, 7) is 0.652. The second-order valence-corrected chi connectivity index (χ2v) is 4.18. The van der Waals surface area contributed by atoms with Crippen LogP contribution in [0.3, 0.4) is 0 Å². The van der Waals surface area contributed by atoms with Gasteiger partial charge in [-0.15, -0.1) is 0 Å². The molecule has 0 aromatic carbocycles. The molecular weight excluding hydrogens is 206 g/mol. The average molecular weight is 221 g/mol. The Morgan fingerprint density at radius 1 is 1.50 bits per heavy atom. The Morgan fingerprint density at radius 3 is 2.88 bits per heavy atom. The molecule has 1 fully saturated rings. The normalized spacial score (nSPS) is 16.6. The fraction of sp³-hybridized carbons (Fsp3) is 0.455. The Bertz CT molecular complexity index is 363. The number of aliphatic hydroxyl groups is 1. The van der Waals surface area contributed by atoms with E-state index in [4.69, 9.17) is 5.11 Å². The van der Waals surface area contributed by atoms with Gasteiger partial charge >= 0.3 is 6.03 Å². The van der Waals surface area contributed by atoms with Crippen LogP contribution in [0.5, 0.6) is 0 Å². The van der Waals surface area contributed by atoms with Crippen LogP contribution in [-0.4, -0.2) is 29.3 Å². The highest BCUT2D eigenvalue weighted by Crippen LogP contribution is 2.44. The molecule has 2 amide bonds. The zero-order valence-corrected chi connectivity index (χ0v) is 8.94. The van der Waals surface area contributed by atoms with Gasteiger partial charge in [0, 0.05) is 18.2 Å². The molecule has 0 radical (unpaired) electrons. The molecule has 1 aromatic rings. The lowest BCUT2D eigenvalue weighted by atomic mass is 10.1. The first-order valence-electron chi connectivity index (χ1n) is 5.31. The van der Waals surface area contributed by atoms with Crippen molar-refractivity contribution in [3.8, 4) is 0 Å². The van der Waals surface area contributed by atoms with Gasteiger partial charge in [0.2, 0.25) is 0 Å². The van der Waals surface area contributed by atoms with Gasteiger partial charge in [0.1, 0.15) is 5.82 Å². The van der Waals surface area contributed by atoms with Crippen molar-refractivity contribution in [1.82, 2.24) is 10.3 Å². The third kappa shape index (κ3) is 2.70. The predicted octanol–water partition coefficient (Wildman–Crippen LogP) is 0.976. The number of amides is 2. The average Bonchev–Trinajstić information content (AvgIpc) is 3.09. The van der Waals surface area contributed by atoms with Crippen LogP contribution < -0.4 is 10.6 Å². The second kappa shape index (κ2) is 4.49. The number of aliphatic hydroxyl groups excluding tert-OH is 1. The molecular formula is C11H15N3O2. The van der Waals surface area contributed by atoms with E-state index in [0.29, 0.717) is 12.4 Å². The Kier molecular flexibility index (Phi) is 3.05. The van der Waals surface area contributed by atoms with Gasteiger partial charge in [-0.05, 0) is 25.0 Å².